The van der Waals surface area contributed by atoms with Gasteiger partial charge in [-0.15, -0.1) is 24.7 Å². The van der Waals surface area contributed by atoms with Gasteiger partial charge in [-0.3, -0.25) is 9.59 Å². The van der Waals surface area contributed by atoms with Crippen LogP contribution in [0.25, 0.3) is 0 Å². The van der Waals surface area contributed by atoms with Gasteiger partial charge in [-0.2, -0.15) is 0 Å². The van der Waals surface area contributed by atoms with Gasteiger partial charge in [-0.05, 0) is 0 Å². The van der Waals surface area contributed by atoms with Gasteiger partial charge in [0.05, 0.1) is 12.8 Å². The molecule has 0 unspecified atom stereocenters. The third kappa shape index (κ3) is 12.0. The molecule has 94 valence electrons. The summed E-state index contributed by atoms with van der Waals surface area (Å²) in [5, 5.41) is 0. The van der Waals surface area contributed by atoms with Gasteiger partial charge < -0.3 is 9.47 Å². The summed E-state index contributed by atoms with van der Waals surface area (Å²) < 4.78 is 9.49. The van der Waals surface area contributed by atoms with E-state index in [9.17, 15) is 9.59 Å². The summed E-state index contributed by atoms with van der Waals surface area (Å²) >= 11 is 0. The Morgan fingerprint density at radius 1 is 0.882 bits per heavy atom. The van der Waals surface area contributed by atoms with Crippen molar-refractivity contribution in [1.29, 1.82) is 0 Å². The monoisotopic (exact) mass is 238 g/mol. The van der Waals surface area contributed by atoms with Crippen LogP contribution in [0.1, 0.15) is 33.1 Å². The maximum Gasteiger partial charge on any atom is 0.306 e. The van der Waals surface area contributed by atoms with Crippen molar-refractivity contribution in [2.45, 2.75) is 33.1 Å². The average molecular weight is 238 g/mol. The van der Waals surface area contributed by atoms with Gasteiger partial charge in [-0.25, -0.2) is 0 Å². The van der Waals surface area contributed by atoms with Crippen LogP contribution in [0.3, 0.4) is 0 Å². The minimum absolute atomic E-state index is 0. The summed E-state index contributed by atoms with van der Waals surface area (Å²) in [5.41, 5.74) is 0. The molecular formula is C13H18O4. The number of hydrogen-bond donors (Lipinski definition) is 0. The summed E-state index contributed by atoms with van der Waals surface area (Å²) in [4.78, 5) is 21.9. The second kappa shape index (κ2) is 12.1. The molecule has 0 fully saturated rings. The Morgan fingerprint density at radius 3 is 1.53 bits per heavy atom. The van der Waals surface area contributed by atoms with Crippen LogP contribution in [-0.2, 0) is 19.1 Å². The van der Waals surface area contributed by atoms with E-state index in [1.54, 1.807) is 0 Å². The standard InChI is InChI=1S/C12H14O4.CH4/c1-3-5-7-11(13)15-9-10-16-12(14)8-6-4-2;/h1-2H,5-10H2;1H4. The van der Waals surface area contributed by atoms with Crippen molar-refractivity contribution in [2.75, 3.05) is 13.2 Å². The molecule has 0 aliphatic carbocycles. The zero-order chi connectivity index (χ0) is 12.2. The number of ether oxygens (including phenoxy) is 2. The predicted octanol–water partition coefficient (Wildman–Crippen LogP) is 1.54. The van der Waals surface area contributed by atoms with Gasteiger partial charge in [0.1, 0.15) is 13.2 Å². The van der Waals surface area contributed by atoms with Crippen molar-refractivity contribution in [1.82, 2.24) is 0 Å². The highest BCUT2D eigenvalue weighted by Gasteiger charge is 2.03. The van der Waals surface area contributed by atoms with Crippen molar-refractivity contribution >= 4 is 11.9 Å². The van der Waals surface area contributed by atoms with Gasteiger partial charge in [0.15, 0.2) is 0 Å². The van der Waals surface area contributed by atoms with Gasteiger partial charge in [0, 0.05) is 12.8 Å². The zero-order valence-electron chi connectivity index (χ0n) is 9.03. The first kappa shape index (κ1) is 17.5. The fraction of sp³-hybridized carbons (Fsp3) is 0.538. The predicted molar refractivity (Wildman–Crippen MR) is 64.8 cm³/mol. The van der Waals surface area contributed by atoms with E-state index >= 15 is 0 Å². The molecule has 0 saturated heterocycles. The smallest absolute Gasteiger partial charge is 0.306 e. The van der Waals surface area contributed by atoms with Crippen LogP contribution < -0.4 is 0 Å². The molecule has 0 aliphatic rings. The largest absolute Gasteiger partial charge is 0.462 e. The lowest BCUT2D eigenvalue weighted by Crippen LogP contribution is -2.13. The summed E-state index contributed by atoms with van der Waals surface area (Å²) in [6, 6.07) is 0. The van der Waals surface area contributed by atoms with Crippen LogP contribution in [0, 0.1) is 24.7 Å². The molecule has 0 heterocycles. The lowest BCUT2D eigenvalue weighted by atomic mass is 10.3. The zero-order valence-corrected chi connectivity index (χ0v) is 9.03. The molecule has 0 bridgehead atoms. The van der Waals surface area contributed by atoms with E-state index in [-0.39, 0.29) is 33.5 Å². The maximum absolute atomic E-state index is 10.9. The topological polar surface area (TPSA) is 52.6 Å². The quantitative estimate of drug-likeness (QED) is 0.383. The second-order valence-corrected chi connectivity index (χ2v) is 2.85. The Kier molecular flexibility index (Phi) is 12.5. The molecule has 4 heteroatoms. The first-order valence-corrected chi connectivity index (χ1v) is 4.89. The SMILES string of the molecule is C.C#CCCC(=O)OCCOC(=O)CCC#C. The third-order valence-corrected chi connectivity index (χ3v) is 1.56. The Labute approximate surface area is 103 Å². The van der Waals surface area contributed by atoms with E-state index in [2.05, 4.69) is 11.8 Å². The van der Waals surface area contributed by atoms with Crippen molar-refractivity contribution in [3.05, 3.63) is 0 Å². The van der Waals surface area contributed by atoms with Crippen LogP contribution in [0.2, 0.25) is 0 Å². The number of terminal acetylenes is 2. The van der Waals surface area contributed by atoms with Crippen LogP contribution >= 0.6 is 0 Å². The highest BCUT2D eigenvalue weighted by atomic mass is 16.6. The minimum atomic E-state index is -0.391. The molecule has 4 nitrogen and oxygen atoms in total. The molecule has 0 spiro atoms. The molecule has 0 rings (SSSR count). The first-order valence-electron chi connectivity index (χ1n) is 4.89. The fourth-order valence-electron chi connectivity index (χ4n) is 0.804. The molecule has 0 aromatic carbocycles. The first-order chi connectivity index (χ1) is 7.70. The Morgan fingerprint density at radius 2 is 1.24 bits per heavy atom. The van der Waals surface area contributed by atoms with Gasteiger partial charge in [-0.1, -0.05) is 7.43 Å². The normalized spacial score (nSPS) is 8.12. The Hall–Kier alpha value is -1.94. The lowest BCUT2D eigenvalue weighted by molar-refractivity contribution is -0.152. The Bertz CT molecular complexity index is 274. The average Bonchev–Trinajstić information content (AvgIpc) is 2.29. The number of carbonyl (C=O) groups is 2. The number of hydrogen-bond acceptors (Lipinski definition) is 4. The fourth-order valence-corrected chi connectivity index (χ4v) is 0.804. The van der Waals surface area contributed by atoms with Crippen LogP contribution in [-0.4, -0.2) is 25.2 Å². The molecule has 0 saturated carbocycles. The second-order valence-electron chi connectivity index (χ2n) is 2.85. The van der Waals surface area contributed by atoms with E-state index in [0.29, 0.717) is 12.8 Å². The molecule has 0 atom stereocenters. The highest BCUT2D eigenvalue weighted by molar-refractivity contribution is 5.70. The highest BCUT2D eigenvalue weighted by Crippen LogP contribution is 1.93. The summed E-state index contributed by atoms with van der Waals surface area (Å²) in [6.07, 6.45) is 11.0. The van der Waals surface area contributed by atoms with Crippen LogP contribution in [0.4, 0.5) is 0 Å². The Balaban J connectivity index is 0. The van der Waals surface area contributed by atoms with Crippen LogP contribution in [0.15, 0.2) is 0 Å². The molecule has 0 radical (unpaired) electrons. The number of esters is 2. The van der Waals surface area contributed by atoms with Crippen molar-refractivity contribution in [2.24, 2.45) is 0 Å². The molecule has 0 amide bonds. The minimum Gasteiger partial charge on any atom is -0.462 e. The summed E-state index contributed by atoms with van der Waals surface area (Å²) in [6.45, 7) is 0.0936. The number of rotatable bonds is 7. The van der Waals surface area contributed by atoms with E-state index in [4.69, 9.17) is 22.3 Å². The van der Waals surface area contributed by atoms with E-state index in [1.807, 2.05) is 0 Å². The molecular weight excluding hydrogens is 220 g/mol. The summed E-state index contributed by atoms with van der Waals surface area (Å²) in [7, 11) is 0. The van der Waals surface area contributed by atoms with Crippen molar-refractivity contribution < 1.29 is 19.1 Å². The van der Waals surface area contributed by atoms with E-state index in [1.165, 1.54) is 0 Å². The molecule has 0 N–H and O–H groups in total. The van der Waals surface area contributed by atoms with Gasteiger partial charge >= 0.3 is 11.9 Å². The van der Waals surface area contributed by atoms with Gasteiger partial charge in [0.2, 0.25) is 0 Å². The number of carbonyl (C=O) groups excluding carboxylic acids is 2. The third-order valence-electron chi connectivity index (χ3n) is 1.56. The van der Waals surface area contributed by atoms with Crippen molar-refractivity contribution in [3.8, 4) is 24.7 Å². The lowest BCUT2D eigenvalue weighted by Gasteiger charge is -2.04. The maximum atomic E-state index is 10.9. The van der Waals surface area contributed by atoms with E-state index < -0.39 is 11.9 Å². The molecule has 0 aromatic rings. The molecule has 0 aliphatic heterocycles. The molecule has 17 heavy (non-hydrogen) atoms. The summed E-state index contributed by atoms with van der Waals surface area (Å²) in [5.74, 6) is 3.87. The van der Waals surface area contributed by atoms with Gasteiger partial charge in [0.25, 0.3) is 0 Å². The van der Waals surface area contributed by atoms with E-state index in [0.717, 1.165) is 0 Å². The van der Waals surface area contributed by atoms with Crippen LogP contribution in [0.5, 0.6) is 0 Å². The van der Waals surface area contributed by atoms with Crippen molar-refractivity contribution in [3.63, 3.8) is 0 Å². The molecule has 0 aromatic heterocycles.